The number of carbonyl (C=O) groups is 1. The maximum atomic E-state index is 10.7. The van der Waals surface area contributed by atoms with Crippen LogP contribution in [-0.4, -0.2) is 16.4 Å². The Morgan fingerprint density at radius 1 is 1.20 bits per heavy atom. The highest BCUT2D eigenvalue weighted by atomic mass is 79.9. The highest BCUT2D eigenvalue weighted by Gasteiger charge is 2.12. The Morgan fingerprint density at radius 3 is 2.40 bits per heavy atom. The van der Waals surface area contributed by atoms with Gasteiger partial charge < -0.3 is 5.11 Å². The van der Waals surface area contributed by atoms with E-state index in [-0.39, 0.29) is 0 Å². The van der Waals surface area contributed by atoms with Crippen LogP contribution in [0.25, 0.3) is 0 Å². The summed E-state index contributed by atoms with van der Waals surface area (Å²) in [6, 6.07) is 0. The predicted molar refractivity (Wildman–Crippen MR) is 67.5 cm³/mol. The molecule has 3 heteroatoms. The lowest BCUT2D eigenvalue weighted by atomic mass is 9.93. The molecule has 0 radical (unpaired) electrons. The summed E-state index contributed by atoms with van der Waals surface area (Å²) in [4.78, 5) is 10.7. The lowest BCUT2D eigenvalue weighted by molar-refractivity contribution is -0.138. The molecule has 0 spiro atoms. The van der Waals surface area contributed by atoms with E-state index in [9.17, 15) is 4.79 Å². The van der Waals surface area contributed by atoms with Crippen molar-refractivity contribution in [3.63, 3.8) is 0 Å². The van der Waals surface area contributed by atoms with Gasteiger partial charge in [0.15, 0.2) is 0 Å². The van der Waals surface area contributed by atoms with E-state index in [1.807, 2.05) is 0 Å². The van der Waals surface area contributed by atoms with Crippen LogP contribution in [-0.2, 0) is 4.79 Å². The molecule has 0 aliphatic carbocycles. The minimum atomic E-state index is -0.648. The maximum absolute atomic E-state index is 10.7. The fraction of sp³-hybridized carbons (Fsp3) is 0.917. The van der Waals surface area contributed by atoms with Gasteiger partial charge in [-0.05, 0) is 25.2 Å². The van der Waals surface area contributed by atoms with Crippen LogP contribution in [0.4, 0.5) is 0 Å². The molecule has 0 aromatic carbocycles. The van der Waals surface area contributed by atoms with Gasteiger partial charge in [-0.3, -0.25) is 4.79 Å². The van der Waals surface area contributed by atoms with Crippen molar-refractivity contribution in [3.05, 3.63) is 0 Å². The Hall–Kier alpha value is -0.0500. The number of hydrogen-bond donors (Lipinski definition) is 1. The first kappa shape index (κ1) is 14.9. The van der Waals surface area contributed by atoms with Crippen molar-refractivity contribution in [2.75, 3.05) is 5.33 Å². The normalized spacial score (nSPS) is 12.7. The molecule has 0 bridgehead atoms. The van der Waals surface area contributed by atoms with Crippen LogP contribution in [0.1, 0.15) is 58.3 Å². The van der Waals surface area contributed by atoms with Gasteiger partial charge in [0.1, 0.15) is 0 Å². The Kier molecular flexibility index (Phi) is 10.4. The Bertz CT molecular complexity index is 160. The summed E-state index contributed by atoms with van der Waals surface area (Å²) in [6.07, 6.45) is 8.52. The van der Waals surface area contributed by atoms with Crippen molar-refractivity contribution in [1.29, 1.82) is 0 Å². The molecule has 0 saturated heterocycles. The van der Waals surface area contributed by atoms with E-state index in [4.69, 9.17) is 5.11 Å². The van der Waals surface area contributed by atoms with Gasteiger partial charge in [-0.15, -0.1) is 0 Å². The molecule has 90 valence electrons. The van der Waals surface area contributed by atoms with Crippen molar-refractivity contribution in [2.24, 2.45) is 5.92 Å². The number of unbranched alkanes of at least 4 members (excludes halogenated alkanes) is 3. The highest BCUT2D eigenvalue weighted by molar-refractivity contribution is 9.09. The molecule has 15 heavy (non-hydrogen) atoms. The zero-order valence-corrected chi connectivity index (χ0v) is 11.3. The molecule has 0 aromatic heterocycles. The standard InChI is InChI=1S/C12H23BrO2/c1-2-3-4-5-7-11(8-6-9-13)10-12(14)15/h11H,2-10H2,1H3,(H,14,15). The summed E-state index contributed by atoms with van der Waals surface area (Å²) in [7, 11) is 0. The number of aliphatic carboxylic acids is 1. The van der Waals surface area contributed by atoms with Gasteiger partial charge in [-0.1, -0.05) is 48.5 Å². The van der Waals surface area contributed by atoms with E-state index in [2.05, 4.69) is 22.9 Å². The van der Waals surface area contributed by atoms with Crippen LogP contribution in [0.5, 0.6) is 0 Å². The third kappa shape index (κ3) is 10.2. The van der Waals surface area contributed by atoms with Crippen molar-refractivity contribution >= 4 is 21.9 Å². The molecule has 0 rings (SSSR count). The van der Waals surface area contributed by atoms with Gasteiger partial charge in [0.2, 0.25) is 0 Å². The molecule has 0 fully saturated rings. The minimum Gasteiger partial charge on any atom is -0.481 e. The van der Waals surface area contributed by atoms with Crippen molar-refractivity contribution in [3.8, 4) is 0 Å². The molecule has 0 heterocycles. The Labute approximate surface area is 102 Å². The number of alkyl halides is 1. The van der Waals surface area contributed by atoms with Gasteiger partial charge >= 0.3 is 5.97 Å². The lowest BCUT2D eigenvalue weighted by Gasteiger charge is -2.13. The van der Waals surface area contributed by atoms with E-state index in [1.54, 1.807) is 0 Å². The monoisotopic (exact) mass is 278 g/mol. The summed E-state index contributed by atoms with van der Waals surface area (Å²) in [6.45, 7) is 2.19. The molecule has 2 nitrogen and oxygen atoms in total. The molecule has 1 atom stereocenters. The number of carboxylic acid groups (broad SMARTS) is 1. The van der Waals surface area contributed by atoms with Crippen LogP contribution in [0, 0.1) is 5.92 Å². The predicted octanol–water partition coefficient (Wildman–Crippen LogP) is 4.22. The van der Waals surface area contributed by atoms with Gasteiger partial charge in [-0.25, -0.2) is 0 Å². The van der Waals surface area contributed by atoms with Gasteiger partial charge in [-0.2, -0.15) is 0 Å². The second-order valence-corrected chi connectivity index (χ2v) is 4.94. The number of halogens is 1. The fourth-order valence-electron chi connectivity index (χ4n) is 1.82. The van der Waals surface area contributed by atoms with Crippen LogP contribution < -0.4 is 0 Å². The second kappa shape index (κ2) is 10.5. The summed E-state index contributed by atoms with van der Waals surface area (Å²) < 4.78 is 0. The first-order valence-corrected chi connectivity index (χ1v) is 7.10. The molecule has 0 aliphatic rings. The van der Waals surface area contributed by atoms with Crippen molar-refractivity contribution in [1.82, 2.24) is 0 Å². The first-order chi connectivity index (χ1) is 7.20. The first-order valence-electron chi connectivity index (χ1n) is 5.98. The van der Waals surface area contributed by atoms with Crippen molar-refractivity contribution < 1.29 is 9.90 Å². The number of hydrogen-bond acceptors (Lipinski definition) is 1. The molecule has 0 amide bonds. The molecule has 1 unspecified atom stereocenters. The van der Waals surface area contributed by atoms with Crippen LogP contribution in [0.2, 0.25) is 0 Å². The van der Waals surface area contributed by atoms with Crippen LogP contribution in [0.15, 0.2) is 0 Å². The fourth-order valence-corrected chi connectivity index (χ4v) is 2.14. The molecular formula is C12H23BrO2. The molecule has 0 aliphatic heterocycles. The molecule has 0 aromatic rings. The summed E-state index contributed by atoms with van der Waals surface area (Å²) in [5, 5.41) is 9.76. The summed E-state index contributed by atoms with van der Waals surface area (Å²) >= 11 is 3.39. The van der Waals surface area contributed by atoms with Gasteiger partial charge in [0, 0.05) is 11.8 Å². The zero-order valence-electron chi connectivity index (χ0n) is 9.67. The van der Waals surface area contributed by atoms with Gasteiger partial charge in [0.05, 0.1) is 0 Å². The Balaban J connectivity index is 3.64. The molecular weight excluding hydrogens is 256 g/mol. The zero-order chi connectivity index (χ0) is 11.5. The smallest absolute Gasteiger partial charge is 0.303 e. The van der Waals surface area contributed by atoms with E-state index < -0.39 is 5.97 Å². The minimum absolute atomic E-state index is 0.346. The molecule has 0 saturated carbocycles. The van der Waals surface area contributed by atoms with Gasteiger partial charge in [0.25, 0.3) is 0 Å². The van der Waals surface area contributed by atoms with Crippen LogP contribution >= 0.6 is 15.9 Å². The summed E-state index contributed by atoms with van der Waals surface area (Å²) in [5.74, 6) is -0.262. The quantitative estimate of drug-likeness (QED) is 0.480. The number of rotatable bonds is 10. The maximum Gasteiger partial charge on any atom is 0.303 e. The number of carboxylic acids is 1. The third-order valence-corrected chi connectivity index (χ3v) is 3.24. The average molecular weight is 279 g/mol. The van der Waals surface area contributed by atoms with E-state index in [1.165, 1.54) is 25.7 Å². The molecule has 1 N–H and O–H groups in total. The largest absolute Gasteiger partial charge is 0.481 e. The lowest BCUT2D eigenvalue weighted by Crippen LogP contribution is -2.08. The van der Waals surface area contributed by atoms with Crippen LogP contribution in [0.3, 0.4) is 0 Å². The Morgan fingerprint density at radius 2 is 1.87 bits per heavy atom. The average Bonchev–Trinajstić information content (AvgIpc) is 2.19. The second-order valence-electron chi connectivity index (χ2n) is 4.14. The summed E-state index contributed by atoms with van der Waals surface area (Å²) in [5.41, 5.74) is 0. The van der Waals surface area contributed by atoms with E-state index in [0.29, 0.717) is 12.3 Å². The van der Waals surface area contributed by atoms with E-state index in [0.717, 1.165) is 24.6 Å². The SMILES string of the molecule is CCCCCCC(CCCBr)CC(=O)O. The van der Waals surface area contributed by atoms with Crippen molar-refractivity contribution in [2.45, 2.75) is 58.3 Å². The highest BCUT2D eigenvalue weighted by Crippen LogP contribution is 2.20. The third-order valence-electron chi connectivity index (χ3n) is 2.68. The topological polar surface area (TPSA) is 37.3 Å². The van der Waals surface area contributed by atoms with E-state index >= 15 is 0 Å².